The van der Waals surface area contributed by atoms with Crippen molar-refractivity contribution in [1.29, 1.82) is 0 Å². The third-order valence-corrected chi connectivity index (χ3v) is 6.06. The van der Waals surface area contributed by atoms with Crippen molar-refractivity contribution >= 4 is 17.3 Å². The van der Waals surface area contributed by atoms with Crippen molar-refractivity contribution in [3.8, 4) is 11.4 Å². The fraction of sp³-hybridized carbons (Fsp3) is 0.360. The second-order valence-corrected chi connectivity index (χ2v) is 8.59. The first kappa shape index (κ1) is 22.3. The maximum Gasteiger partial charge on any atom is 0.170 e. The molecule has 1 aliphatic rings. The second kappa shape index (κ2) is 10.1. The SMILES string of the molecule is CCOc1ccc(-n2cccc2[C@H]2[C@@H](c3ccccn3)NC(=S)N2CCCN(C)C)cc1. The average molecular weight is 450 g/mol. The van der Waals surface area contributed by atoms with E-state index >= 15 is 0 Å². The lowest BCUT2D eigenvalue weighted by Gasteiger charge is -2.29. The highest BCUT2D eigenvalue weighted by Crippen LogP contribution is 2.39. The van der Waals surface area contributed by atoms with Gasteiger partial charge in [0.1, 0.15) is 5.75 Å². The van der Waals surface area contributed by atoms with E-state index in [0.29, 0.717) is 6.61 Å². The smallest absolute Gasteiger partial charge is 0.170 e. The molecule has 6 nitrogen and oxygen atoms in total. The number of ether oxygens (including phenoxy) is 1. The summed E-state index contributed by atoms with van der Waals surface area (Å²) in [5, 5.41) is 4.33. The Morgan fingerprint density at radius 2 is 1.91 bits per heavy atom. The van der Waals surface area contributed by atoms with Crippen LogP contribution in [0.5, 0.6) is 5.75 Å². The van der Waals surface area contributed by atoms with Gasteiger partial charge in [0.05, 0.1) is 24.4 Å². The van der Waals surface area contributed by atoms with Crippen LogP contribution in [0.15, 0.2) is 67.0 Å². The summed E-state index contributed by atoms with van der Waals surface area (Å²) in [4.78, 5) is 9.18. The van der Waals surface area contributed by atoms with Crippen molar-refractivity contribution in [2.45, 2.75) is 25.4 Å². The van der Waals surface area contributed by atoms with E-state index in [0.717, 1.165) is 41.8 Å². The van der Waals surface area contributed by atoms with Crippen LogP contribution in [-0.2, 0) is 0 Å². The molecule has 1 saturated heterocycles. The van der Waals surface area contributed by atoms with Crippen LogP contribution in [0, 0.1) is 0 Å². The van der Waals surface area contributed by atoms with Crippen LogP contribution in [0.25, 0.3) is 5.69 Å². The molecule has 2 atom stereocenters. The number of hydrogen-bond donors (Lipinski definition) is 1. The number of nitrogens with one attached hydrogen (secondary N) is 1. The first-order chi connectivity index (χ1) is 15.6. The van der Waals surface area contributed by atoms with Gasteiger partial charge in [-0.2, -0.15) is 0 Å². The van der Waals surface area contributed by atoms with Crippen LogP contribution in [0.1, 0.15) is 36.8 Å². The Morgan fingerprint density at radius 1 is 1.09 bits per heavy atom. The molecule has 0 unspecified atom stereocenters. The van der Waals surface area contributed by atoms with Crippen LogP contribution in [-0.4, -0.2) is 58.3 Å². The van der Waals surface area contributed by atoms with Crippen LogP contribution >= 0.6 is 12.2 Å². The monoisotopic (exact) mass is 449 g/mol. The Kier molecular flexibility index (Phi) is 7.07. The molecule has 0 spiro atoms. The third-order valence-electron chi connectivity index (χ3n) is 5.71. The molecule has 4 rings (SSSR count). The Labute approximate surface area is 195 Å². The lowest BCUT2D eigenvalue weighted by atomic mass is 10.0. The van der Waals surface area contributed by atoms with Gasteiger partial charge >= 0.3 is 0 Å². The topological polar surface area (TPSA) is 45.6 Å². The summed E-state index contributed by atoms with van der Waals surface area (Å²) < 4.78 is 7.86. The van der Waals surface area contributed by atoms with Gasteiger partial charge in [0.2, 0.25) is 0 Å². The van der Waals surface area contributed by atoms with E-state index in [-0.39, 0.29) is 12.1 Å². The normalized spacial score (nSPS) is 18.2. The molecule has 0 aliphatic carbocycles. The molecule has 0 amide bonds. The molecular formula is C25H31N5OS. The Hall–Kier alpha value is -2.90. The zero-order chi connectivity index (χ0) is 22.5. The van der Waals surface area contributed by atoms with Gasteiger partial charge in [-0.3, -0.25) is 4.98 Å². The number of benzene rings is 1. The largest absolute Gasteiger partial charge is 0.494 e. The number of aromatic nitrogens is 2. The van der Waals surface area contributed by atoms with Crippen LogP contribution in [0.3, 0.4) is 0 Å². The van der Waals surface area contributed by atoms with Gasteiger partial charge in [-0.15, -0.1) is 0 Å². The summed E-state index contributed by atoms with van der Waals surface area (Å²) >= 11 is 5.80. The zero-order valence-corrected chi connectivity index (χ0v) is 19.8. The molecule has 0 bridgehead atoms. The number of pyridine rings is 1. The quantitative estimate of drug-likeness (QED) is 0.494. The Balaban J connectivity index is 1.70. The molecule has 32 heavy (non-hydrogen) atoms. The standard InChI is InChI=1S/C25H31N5OS/c1-4-31-20-13-11-19(12-14-20)29-17-7-10-22(29)24-23(21-9-5-6-15-26-21)27-25(32)30(24)18-8-16-28(2)3/h5-7,9-15,17,23-24H,4,8,16,18H2,1-3H3,(H,27,32)/t23-,24+/m1/s1. The minimum absolute atomic E-state index is 0.0144. The lowest BCUT2D eigenvalue weighted by Crippen LogP contribution is -2.32. The van der Waals surface area contributed by atoms with Crippen LogP contribution in [0.2, 0.25) is 0 Å². The number of rotatable bonds is 9. The van der Waals surface area contributed by atoms with E-state index in [1.807, 2.05) is 37.4 Å². The maximum absolute atomic E-state index is 5.80. The maximum atomic E-state index is 5.80. The predicted molar refractivity (Wildman–Crippen MR) is 132 cm³/mol. The molecule has 3 aromatic rings. The van der Waals surface area contributed by atoms with Crippen molar-refractivity contribution in [3.05, 3.63) is 78.4 Å². The van der Waals surface area contributed by atoms with E-state index in [2.05, 4.69) is 75.3 Å². The minimum atomic E-state index is -0.0144. The highest BCUT2D eigenvalue weighted by molar-refractivity contribution is 7.80. The van der Waals surface area contributed by atoms with Crippen molar-refractivity contribution in [3.63, 3.8) is 0 Å². The highest BCUT2D eigenvalue weighted by Gasteiger charge is 2.40. The van der Waals surface area contributed by atoms with Gasteiger partial charge < -0.3 is 24.4 Å². The molecule has 168 valence electrons. The Bertz CT molecular complexity index is 1020. The van der Waals surface area contributed by atoms with Gasteiger partial charge in [0.25, 0.3) is 0 Å². The molecule has 3 heterocycles. The molecule has 0 radical (unpaired) electrons. The highest BCUT2D eigenvalue weighted by atomic mass is 32.1. The number of hydrogen-bond acceptors (Lipinski definition) is 4. The number of nitrogens with zero attached hydrogens (tertiary/aromatic N) is 4. The average Bonchev–Trinajstić information content (AvgIpc) is 3.39. The van der Waals surface area contributed by atoms with Crippen molar-refractivity contribution in [1.82, 2.24) is 24.7 Å². The van der Waals surface area contributed by atoms with E-state index in [1.165, 1.54) is 5.69 Å². The van der Waals surface area contributed by atoms with Crippen LogP contribution in [0.4, 0.5) is 0 Å². The van der Waals surface area contributed by atoms with Gasteiger partial charge in [-0.05, 0) is 94.7 Å². The molecule has 1 aliphatic heterocycles. The minimum Gasteiger partial charge on any atom is -0.494 e. The predicted octanol–water partition coefficient (Wildman–Crippen LogP) is 4.20. The first-order valence-electron chi connectivity index (χ1n) is 11.1. The lowest BCUT2D eigenvalue weighted by molar-refractivity contribution is 0.286. The van der Waals surface area contributed by atoms with Crippen molar-refractivity contribution in [2.24, 2.45) is 0 Å². The number of thiocarbonyl (C=S) groups is 1. The van der Waals surface area contributed by atoms with Gasteiger partial charge in [-0.1, -0.05) is 6.07 Å². The molecular weight excluding hydrogens is 418 g/mol. The van der Waals surface area contributed by atoms with Gasteiger partial charge in [0.15, 0.2) is 5.11 Å². The summed E-state index contributed by atoms with van der Waals surface area (Å²) in [5.41, 5.74) is 3.27. The van der Waals surface area contributed by atoms with E-state index < -0.39 is 0 Å². The first-order valence-corrected chi connectivity index (χ1v) is 11.5. The summed E-state index contributed by atoms with van der Waals surface area (Å²) in [5.74, 6) is 0.880. The molecule has 0 saturated carbocycles. The second-order valence-electron chi connectivity index (χ2n) is 8.21. The van der Waals surface area contributed by atoms with Crippen molar-refractivity contribution < 1.29 is 4.74 Å². The molecule has 1 N–H and O–H groups in total. The molecule has 1 fully saturated rings. The van der Waals surface area contributed by atoms with Crippen molar-refractivity contribution in [2.75, 3.05) is 33.8 Å². The van der Waals surface area contributed by atoms with E-state index in [1.54, 1.807) is 0 Å². The molecule has 2 aromatic heterocycles. The van der Waals surface area contributed by atoms with Gasteiger partial charge in [-0.25, -0.2) is 0 Å². The van der Waals surface area contributed by atoms with Crippen LogP contribution < -0.4 is 10.1 Å². The Morgan fingerprint density at radius 3 is 2.59 bits per heavy atom. The summed E-state index contributed by atoms with van der Waals surface area (Å²) in [6.45, 7) is 4.55. The molecule has 1 aromatic carbocycles. The van der Waals surface area contributed by atoms with Gasteiger partial charge in [0, 0.05) is 30.3 Å². The fourth-order valence-corrected chi connectivity index (χ4v) is 4.60. The molecule has 7 heteroatoms. The van der Waals surface area contributed by atoms with E-state index in [4.69, 9.17) is 17.0 Å². The summed E-state index contributed by atoms with van der Waals surface area (Å²) in [6.07, 6.45) is 4.99. The van der Waals surface area contributed by atoms with E-state index in [9.17, 15) is 0 Å². The summed E-state index contributed by atoms with van der Waals surface area (Å²) in [6, 6.07) is 18.6. The fourth-order valence-electron chi connectivity index (χ4n) is 4.27. The third kappa shape index (κ3) is 4.79. The summed E-state index contributed by atoms with van der Waals surface area (Å²) in [7, 11) is 4.21. The zero-order valence-electron chi connectivity index (χ0n) is 18.9.